The molecule has 0 unspecified atom stereocenters. The Balaban J connectivity index is 0.000000320. The molecule has 0 fully saturated rings. The van der Waals surface area contributed by atoms with Crippen molar-refractivity contribution >= 4 is 5.57 Å². The molecule has 0 amide bonds. The maximum absolute atomic E-state index is 13.3. The van der Waals surface area contributed by atoms with Gasteiger partial charge in [0, 0.05) is 32.0 Å². The van der Waals surface area contributed by atoms with Gasteiger partial charge in [-0.25, -0.2) is 4.39 Å². The molecule has 3 heteroatoms. The van der Waals surface area contributed by atoms with Crippen molar-refractivity contribution < 1.29 is 4.39 Å². The molecule has 0 atom stereocenters. The fraction of sp³-hybridized carbons (Fsp3) is 0.240. The van der Waals surface area contributed by atoms with Crippen molar-refractivity contribution in [3.8, 4) is 0 Å². The molecule has 144 valence electrons. The molecule has 3 aromatic rings. The summed E-state index contributed by atoms with van der Waals surface area (Å²) < 4.78 is 13.3. The predicted molar refractivity (Wildman–Crippen MR) is 115 cm³/mol. The Hall–Kier alpha value is -2.78. The monoisotopic (exact) mass is 374 g/mol. The van der Waals surface area contributed by atoms with Crippen molar-refractivity contribution in [2.45, 2.75) is 19.8 Å². The fourth-order valence-corrected chi connectivity index (χ4v) is 3.33. The highest BCUT2D eigenvalue weighted by Crippen LogP contribution is 2.23. The molecule has 0 saturated carbocycles. The van der Waals surface area contributed by atoms with Crippen molar-refractivity contribution in [1.82, 2.24) is 9.88 Å². The Morgan fingerprint density at radius 2 is 1.79 bits per heavy atom. The van der Waals surface area contributed by atoms with Gasteiger partial charge in [0.1, 0.15) is 5.82 Å². The summed E-state index contributed by atoms with van der Waals surface area (Å²) in [6.45, 7) is 5.22. The molecule has 1 aliphatic heterocycles. The zero-order valence-electron chi connectivity index (χ0n) is 16.4. The summed E-state index contributed by atoms with van der Waals surface area (Å²) >= 11 is 0. The van der Waals surface area contributed by atoms with Crippen LogP contribution in [0.1, 0.15) is 23.1 Å². The third-order valence-corrected chi connectivity index (χ3v) is 4.85. The van der Waals surface area contributed by atoms with Crippen LogP contribution in [0.3, 0.4) is 0 Å². The van der Waals surface area contributed by atoms with E-state index in [4.69, 9.17) is 0 Å². The van der Waals surface area contributed by atoms with Crippen LogP contribution in [-0.4, -0.2) is 29.5 Å². The standard InChI is InChI=1S/C20H22FN.C5H5N/c1-16-4-2-5-17(14-16)8-11-22-12-9-18(10-13-22)19-6-3-7-20(21)15-19;1-2-4-6-5-3-1/h2-7,9,14-15H,8,10-13H2,1H3;1-5H. The lowest BCUT2D eigenvalue weighted by molar-refractivity contribution is 0.306. The molecular weight excluding hydrogens is 347 g/mol. The second-order valence-corrected chi connectivity index (χ2v) is 7.05. The van der Waals surface area contributed by atoms with Gasteiger partial charge in [-0.15, -0.1) is 0 Å². The number of benzene rings is 2. The van der Waals surface area contributed by atoms with E-state index in [0.29, 0.717) is 0 Å². The first-order chi connectivity index (χ1) is 13.7. The SMILES string of the molecule is Cc1cccc(CCN2CC=C(c3cccc(F)c3)CC2)c1.c1ccncc1. The van der Waals surface area contributed by atoms with Gasteiger partial charge >= 0.3 is 0 Å². The van der Waals surface area contributed by atoms with Gasteiger partial charge in [-0.2, -0.15) is 0 Å². The van der Waals surface area contributed by atoms with Crippen molar-refractivity contribution in [2.75, 3.05) is 19.6 Å². The lowest BCUT2D eigenvalue weighted by atomic mass is 9.99. The Labute approximate surface area is 167 Å². The van der Waals surface area contributed by atoms with Crippen LogP contribution in [0.25, 0.3) is 5.57 Å². The number of hydrogen-bond acceptors (Lipinski definition) is 2. The van der Waals surface area contributed by atoms with E-state index in [1.165, 1.54) is 22.8 Å². The van der Waals surface area contributed by atoms with Gasteiger partial charge in [-0.1, -0.05) is 54.1 Å². The van der Waals surface area contributed by atoms with Crippen molar-refractivity contribution in [2.24, 2.45) is 0 Å². The first-order valence-electron chi connectivity index (χ1n) is 9.78. The van der Waals surface area contributed by atoms with E-state index in [-0.39, 0.29) is 5.82 Å². The smallest absolute Gasteiger partial charge is 0.123 e. The first kappa shape index (κ1) is 20.0. The van der Waals surface area contributed by atoms with Crippen LogP contribution >= 0.6 is 0 Å². The summed E-state index contributed by atoms with van der Waals surface area (Å²) in [4.78, 5) is 6.25. The van der Waals surface area contributed by atoms with Crippen LogP contribution in [0.5, 0.6) is 0 Å². The summed E-state index contributed by atoms with van der Waals surface area (Å²) in [6.07, 6.45) is 7.83. The highest BCUT2D eigenvalue weighted by Gasteiger charge is 2.13. The average Bonchev–Trinajstić information content (AvgIpc) is 2.74. The molecule has 0 bridgehead atoms. The molecule has 2 nitrogen and oxygen atoms in total. The average molecular weight is 375 g/mol. The number of pyridine rings is 1. The normalized spacial score (nSPS) is 14.0. The quantitative estimate of drug-likeness (QED) is 0.595. The van der Waals surface area contributed by atoms with E-state index in [1.807, 2.05) is 24.3 Å². The summed E-state index contributed by atoms with van der Waals surface area (Å²) in [5.74, 6) is -0.153. The molecule has 1 aliphatic rings. The van der Waals surface area contributed by atoms with Crippen LogP contribution < -0.4 is 0 Å². The number of rotatable bonds is 4. The largest absolute Gasteiger partial charge is 0.299 e. The minimum Gasteiger partial charge on any atom is -0.299 e. The molecule has 2 aromatic carbocycles. The first-order valence-corrected chi connectivity index (χ1v) is 9.78. The van der Waals surface area contributed by atoms with Crippen LogP contribution in [0.15, 0.2) is 85.2 Å². The summed E-state index contributed by atoms with van der Waals surface area (Å²) in [5.41, 5.74) is 5.02. The predicted octanol–water partition coefficient (Wildman–Crippen LogP) is 5.55. The highest BCUT2D eigenvalue weighted by atomic mass is 19.1. The minimum atomic E-state index is -0.153. The van der Waals surface area contributed by atoms with Gasteiger partial charge in [0.05, 0.1) is 0 Å². The van der Waals surface area contributed by atoms with Gasteiger partial charge in [0.2, 0.25) is 0 Å². The molecule has 1 aromatic heterocycles. The summed E-state index contributed by atoms with van der Waals surface area (Å²) in [7, 11) is 0. The van der Waals surface area contributed by atoms with Crippen LogP contribution in [0.4, 0.5) is 4.39 Å². The second-order valence-electron chi connectivity index (χ2n) is 7.05. The molecule has 0 N–H and O–H groups in total. The van der Waals surface area contributed by atoms with Gasteiger partial charge in [-0.3, -0.25) is 9.88 Å². The van der Waals surface area contributed by atoms with Gasteiger partial charge in [0.25, 0.3) is 0 Å². The lowest BCUT2D eigenvalue weighted by Crippen LogP contribution is -2.30. The minimum absolute atomic E-state index is 0.153. The number of halogens is 1. The van der Waals surface area contributed by atoms with Crippen molar-refractivity contribution in [1.29, 1.82) is 0 Å². The second kappa shape index (κ2) is 10.5. The zero-order chi connectivity index (χ0) is 19.6. The topological polar surface area (TPSA) is 16.1 Å². The lowest BCUT2D eigenvalue weighted by Gasteiger charge is -2.26. The molecular formula is C25H27FN2. The zero-order valence-corrected chi connectivity index (χ0v) is 16.4. The van der Waals surface area contributed by atoms with Gasteiger partial charge < -0.3 is 0 Å². The molecule has 0 aliphatic carbocycles. The molecule has 4 rings (SSSR count). The number of hydrogen-bond donors (Lipinski definition) is 0. The molecule has 0 spiro atoms. The highest BCUT2D eigenvalue weighted by molar-refractivity contribution is 5.66. The summed E-state index contributed by atoms with van der Waals surface area (Å²) in [6, 6.07) is 21.4. The van der Waals surface area contributed by atoms with Crippen molar-refractivity contribution in [3.63, 3.8) is 0 Å². The van der Waals surface area contributed by atoms with Crippen LogP contribution in [0, 0.1) is 12.7 Å². The third-order valence-electron chi connectivity index (χ3n) is 4.85. The maximum atomic E-state index is 13.3. The van der Waals surface area contributed by atoms with E-state index in [9.17, 15) is 4.39 Å². The van der Waals surface area contributed by atoms with E-state index >= 15 is 0 Å². The molecule has 2 heterocycles. The Kier molecular flexibility index (Phi) is 7.51. The Morgan fingerprint density at radius 3 is 2.39 bits per heavy atom. The Morgan fingerprint density at radius 1 is 0.964 bits per heavy atom. The third kappa shape index (κ3) is 6.43. The fourth-order valence-electron chi connectivity index (χ4n) is 3.33. The van der Waals surface area contributed by atoms with E-state index in [0.717, 1.165) is 38.0 Å². The Bertz CT molecular complexity index is 863. The van der Waals surface area contributed by atoms with E-state index < -0.39 is 0 Å². The molecule has 0 saturated heterocycles. The number of aryl methyl sites for hydroxylation is 1. The molecule has 28 heavy (non-hydrogen) atoms. The van der Waals surface area contributed by atoms with Crippen LogP contribution in [0.2, 0.25) is 0 Å². The number of nitrogens with zero attached hydrogens (tertiary/aromatic N) is 2. The van der Waals surface area contributed by atoms with Crippen LogP contribution in [-0.2, 0) is 6.42 Å². The van der Waals surface area contributed by atoms with Gasteiger partial charge in [-0.05, 0) is 60.7 Å². The number of aromatic nitrogens is 1. The van der Waals surface area contributed by atoms with Crippen molar-refractivity contribution in [3.05, 3.63) is 108 Å². The molecule has 0 radical (unpaired) electrons. The van der Waals surface area contributed by atoms with E-state index in [2.05, 4.69) is 47.1 Å². The van der Waals surface area contributed by atoms with E-state index in [1.54, 1.807) is 24.5 Å². The maximum Gasteiger partial charge on any atom is 0.123 e. The van der Waals surface area contributed by atoms with Gasteiger partial charge in [0.15, 0.2) is 0 Å². The summed E-state index contributed by atoms with van der Waals surface area (Å²) in [5, 5.41) is 0.